The molecule has 3 aromatic carbocycles. The lowest BCUT2D eigenvalue weighted by molar-refractivity contribution is 0.103. The molecule has 0 saturated carbocycles. The monoisotopic (exact) mass is 361 g/mol. The summed E-state index contributed by atoms with van der Waals surface area (Å²) in [5.41, 5.74) is 3.37. The lowest BCUT2D eigenvalue weighted by Crippen LogP contribution is -2.21. The maximum atomic E-state index is 13.0. The maximum Gasteiger partial charge on any atom is 0.190 e. The van der Waals surface area contributed by atoms with E-state index in [1.165, 1.54) is 5.56 Å². The van der Waals surface area contributed by atoms with Crippen LogP contribution in [0, 0.1) is 0 Å². The van der Waals surface area contributed by atoms with Crippen LogP contribution in [0.5, 0.6) is 0 Å². The highest BCUT2D eigenvalue weighted by atomic mass is 35.5. The van der Waals surface area contributed by atoms with E-state index in [1.807, 2.05) is 78.9 Å². The summed E-state index contributed by atoms with van der Waals surface area (Å²) in [5.74, 6) is 0.00563. The number of ketones is 1. The minimum atomic E-state index is 0.00563. The second kappa shape index (κ2) is 9.14. The molecular formula is C23H20ClNO. The van der Waals surface area contributed by atoms with Gasteiger partial charge in [0, 0.05) is 29.2 Å². The van der Waals surface area contributed by atoms with Gasteiger partial charge in [0.15, 0.2) is 5.78 Å². The van der Waals surface area contributed by atoms with E-state index in [0.29, 0.717) is 29.2 Å². The van der Waals surface area contributed by atoms with Crippen molar-refractivity contribution in [2.75, 3.05) is 6.54 Å². The molecule has 0 atom stereocenters. The summed E-state index contributed by atoms with van der Waals surface area (Å²) in [6.07, 6.45) is 1.87. The summed E-state index contributed by atoms with van der Waals surface area (Å²) in [6.45, 7) is 1.16. The molecule has 0 aliphatic heterocycles. The van der Waals surface area contributed by atoms with E-state index in [4.69, 9.17) is 11.6 Å². The quantitative estimate of drug-likeness (QED) is 0.451. The lowest BCUT2D eigenvalue weighted by Gasteiger charge is -2.10. The molecule has 0 saturated heterocycles. The number of Topliss-reactive ketones (excluding diaryl/α,β-unsaturated/α-hetero) is 1. The van der Waals surface area contributed by atoms with E-state index in [0.717, 1.165) is 5.56 Å². The Morgan fingerprint density at radius 3 is 2.15 bits per heavy atom. The van der Waals surface area contributed by atoms with E-state index < -0.39 is 0 Å². The van der Waals surface area contributed by atoms with Crippen molar-refractivity contribution in [3.63, 3.8) is 0 Å². The first-order valence-electron chi connectivity index (χ1n) is 8.53. The van der Waals surface area contributed by atoms with Gasteiger partial charge >= 0.3 is 0 Å². The molecule has 130 valence electrons. The van der Waals surface area contributed by atoms with Crippen molar-refractivity contribution in [2.45, 2.75) is 6.54 Å². The summed E-state index contributed by atoms with van der Waals surface area (Å²) < 4.78 is 0. The first-order valence-corrected chi connectivity index (χ1v) is 8.91. The predicted octanol–water partition coefficient (Wildman–Crippen LogP) is 5.40. The fourth-order valence-corrected chi connectivity index (χ4v) is 2.88. The second-order valence-electron chi connectivity index (χ2n) is 5.98. The predicted molar refractivity (Wildman–Crippen MR) is 108 cm³/mol. The molecule has 3 heteroatoms. The van der Waals surface area contributed by atoms with Crippen molar-refractivity contribution in [3.05, 3.63) is 112 Å². The summed E-state index contributed by atoms with van der Waals surface area (Å²) in [6, 6.07) is 27.0. The molecule has 3 aromatic rings. The van der Waals surface area contributed by atoms with Crippen LogP contribution in [-0.2, 0) is 6.54 Å². The van der Waals surface area contributed by atoms with E-state index in [9.17, 15) is 4.79 Å². The van der Waals surface area contributed by atoms with E-state index in [2.05, 4.69) is 17.4 Å². The Morgan fingerprint density at radius 2 is 1.46 bits per heavy atom. The average Bonchev–Trinajstić information content (AvgIpc) is 2.70. The van der Waals surface area contributed by atoms with Gasteiger partial charge in [0.05, 0.1) is 0 Å². The Labute approximate surface area is 159 Å². The first kappa shape index (κ1) is 18.1. The number of benzene rings is 3. The molecule has 0 aromatic heterocycles. The lowest BCUT2D eigenvalue weighted by atomic mass is 10.0. The fourth-order valence-electron chi connectivity index (χ4n) is 2.69. The van der Waals surface area contributed by atoms with Crippen LogP contribution in [-0.4, -0.2) is 12.3 Å². The topological polar surface area (TPSA) is 29.1 Å². The number of carbonyl (C=O) groups excluding carboxylic acids is 1. The Bertz CT molecular complexity index is 888. The van der Waals surface area contributed by atoms with Crippen LogP contribution in [0.3, 0.4) is 0 Å². The van der Waals surface area contributed by atoms with Gasteiger partial charge in [0.2, 0.25) is 0 Å². The fraction of sp³-hybridized carbons (Fsp3) is 0.0870. The van der Waals surface area contributed by atoms with Gasteiger partial charge in [-0.25, -0.2) is 0 Å². The molecule has 0 fully saturated rings. The second-order valence-corrected chi connectivity index (χ2v) is 6.38. The molecule has 3 rings (SSSR count). The number of nitrogens with one attached hydrogen (secondary N) is 1. The number of hydrogen-bond donors (Lipinski definition) is 1. The molecule has 0 bridgehead atoms. The SMILES string of the molecule is O=C(/C(=C/c1ccccc1Cl)CNCc1ccccc1)c1ccccc1. The zero-order valence-corrected chi connectivity index (χ0v) is 15.1. The van der Waals surface area contributed by atoms with E-state index in [-0.39, 0.29) is 5.78 Å². The smallest absolute Gasteiger partial charge is 0.190 e. The van der Waals surface area contributed by atoms with Crippen molar-refractivity contribution >= 4 is 23.5 Å². The van der Waals surface area contributed by atoms with Gasteiger partial charge in [0.25, 0.3) is 0 Å². The third kappa shape index (κ3) is 4.92. The molecule has 2 nitrogen and oxygen atoms in total. The molecule has 0 aliphatic carbocycles. The Balaban J connectivity index is 1.81. The van der Waals surface area contributed by atoms with Crippen LogP contribution >= 0.6 is 11.6 Å². The molecule has 26 heavy (non-hydrogen) atoms. The minimum Gasteiger partial charge on any atom is -0.308 e. The number of rotatable bonds is 7. The number of carbonyl (C=O) groups is 1. The zero-order valence-electron chi connectivity index (χ0n) is 14.4. The van der Waals surface area contributed by atoms with Crippen molar-refractivity contribution < 1.29 is 4.79 Å². The Kier molecular flexibility index (Phi) is 6.37. The zero-order chi connectivity index (χ0) is 18.2. The molecular weight excluding hydrogens is 342 g/mol. The molecule has 0 radical (unpaired) electrons. The van der Waals surface area contributed by atoms with Crippen LogP contribution in [0.25, 0.3) is 6.08 Å². The molecule has 0 heterocycles. The van der Waals surface area contributed by atoms with Gasteiger partial charge in [-0.05, 0) is 23.3 Å². The third-order valence-corrected chi connectivity index (χ3v) is 4.39. The summed E-state index contributed by atoms with van der Waals surface area (Å²) in [5, 5.41) is 3.99. The van der Waals surface area contributed by atoms with Gasteiger partial charge in [0.1, 0.15) is 0 Å². The van der Waals surface area contributed by atoms with Crippen LogP contribution < -0.4 is 5.32 Å². The molecule has 0 unspecified atom stereocenters. The summed E-state index contributed by atoms with van der Waals surface area (Å²) >= 11 is 6.27. The van der Waals surface area contributed by atoms with Crippen LogP contribution in [0.15, 0.2) is 90.5 Å². The standard InChI is InChI=1S/C23H20ClNO/c24-22-14-8-7-13-20(22)15-21(23(26)19-11-5-2-6-12-19)17-25-16-18-9-3-1-4-10-18/h1-15,25H,16-17H2/b21-15+. The summed E-state index contributed by atoms with van der Waals surface area (Å²) in [4.78, 5) is 13.0. The highest BCUT2D eigenvalue weighted by Gasteiger charge is 2.12. The first-order chi connectivity index (χ1) is 12.7. The largest absolute Gasteiger partial charge is 0.308 e. The van der Waals surface area contributed by atoms with E-state index >= 15 is 0 Å². The minimum absolute atomic E-state index is 0.00563. The van der Waals surface area contributed by atoms with Gasteiger partial charge in [-0.3, -0.25) is 4.79 Å². The highest BCUT2D eigenvalue weighted by molar-refractivity contribution is 6.32. The number of hydrogen-bond acceptors (Lipinski definition) is 2. The van der Waals surface area contributed by atoms with Crippen LogP contribution in [0.4, 0.5) is 0 Å². The Morgan fingerprint density at radius 1 is 0.846 bits per heavy atom. The maximum absolute atomic E-state index is 13.0. The van der Waals surface area contributed by atoms with Crippen molar-refractivity contribution in [2.24, 2.45) is 0 Å². The van der Waals surface area contributed by atoms with Gasteiger partial charge in [-0.1, -0.05) is 90.5 Å². The summed E-state index contributed by atoms with van der Waals surface area (Å²) in [7, 11) is 0. The van der Waals surface area contributed by atoms with E-state index in [1.54, 1.807) is 0 Å². The molecule has 0 aliphatic rings. The normalized spacial score (nSPS) is 11.3. The third-order valence-electron chi connectivity index (χ3n) is 4.05. The van der Waals surface area contributed by atoms with Crippen molar-refractivity contribution in [1.29, 1.82) is 0 Å². The van der Waals surface area contributed by atoms with Crippen LogP contribution in [0.1, 0.15) is 21.5 Å². The van der Waals surface area contributed by atoms with Gasteiger partial charge in [-0.15, -0.1) is 0 Å². The van der Waals surface area contributed by atoms with Gasteiger partial charge < -0.3 is 5.32 Å². The molecule has 0 amide bonds. The van der Waals surface area contributed by atoms with Crippen molar-refractivity contribution in [1.82, 2.24) is 5.32 Å². The highest BCUT2D eigenvalue weighted by Crippen LogP contribution is 2.20. The van der Waals surface area contributed by atoms with Crippen molar-refractivity contribution in [3.8, 4) is 0 Å². The Hall–Kier alpha value is -2.68. The average molecular weight is 362 g/mol. The molecule has 1 N–H and O–H groups in total. The number of halogens is 1. The van der Waals surface area contributed by atoms with Gasteiger partial charge in [-0.2, -0.15) is 0 Å². The molecule has 0 spiro atoms. The van der Waals surface area contributed by atoms with Crippen LogP contribution in [0.2, 0.25) is 5.02 Å².